The second-order valence-corrected chi connectivity index (χ2v) is 10.3. The van der Waals surface area contributed by atoms with Crippen molar-refractivity contribution in [3.63, 3.8) is 0 Å². The Labute approximate surface area is 208 Å². The fourth-order valence-electron chi connectivity index (χ4n) is 4.75. The van der Waals surface area contributed by atoms with Crippen molar-refractivity contribution < 1.29 is 14.9 Å². The van der Waals surface area contributed by atoms with E-state index in [9.17, 15) is 10.2 Å². The van der Waals surface area contributed by atoms with Gasteiger partial charge in [0.05, 0.1) is 12.4 Å². The van der Waals surface area contributed by atoms with Gasteiger partial charge in [0, 0.05) is 24.9 Å². The second kappa shape index (κ2) is 11.2. The average Bonchev–Trinajstić information content (AvgIpc) is 3.42. The molecule has 11 heteroatoms. The van der Waals surface area contributed by atoms with Crippen molar-refractivity contribution in [1.82, 2.24) is 30.2 Å². The van der Waals surface area contributed by atoms with Gasteiger partial charge >= 0.3 is 0 Å². The van der Waals surface area contributed by atoms with Gasteiger partial charge in [-0.05, 0) is 42.7 Å². The molecular weight excluding hydrogens is 466 g/mol. The highest BCUT2D eigenvalue weighted by atomic mass is 32.2. The van der Waals surface area contributed by atoms with Gasteiger partial charge in [-0.15, -0.1) is 0 Å². The molecule has 2 aliphatic rings. The van der Waals surface area contributed by atoms with Crippen LogP contribution < -0.4 is 16.4 Å². The Morgan fingerprint density at radius 2 is 2.00 bits per heavy atom. The van der Waals surface area contributed by atoms with Crippen LogP contribution in [0.15, 0.2) is 36.9 Å². The normalized spacial score (nSPS) is 26.3. The predicted octanol–water partition coefficient (Wildman–Crippen LogP) is 0.845. The van der Waals surface area contributed by atoms with Crippen molar-refractivity contribution in [2.24, 2.45) is 0 Å². The minimum atomic E-state index is -1.07. The maximum absolute atomic E-state index is 10.6. The highest BCUT2D eigenvalue weighted by Gasteiger charge is 2.44. The SMILES string of the molecule is Nc1ncnc2c1ncn2[C@@H]1O[C@H](CSCCCCNCC2Cc3ccccc3CN2)[C@@H](O)[C@H]1O. The van der Waals surface area contributed by atoms with E-state index in [-0.39, 0.29) is 5.82 Å². The van der Waals surface area contributed by atoms with E-state index in [0.717, 1.165) is 44.6 Å². The van der Waals surface area contributed by atoms with Crippen molar-refractivity contribution in [3.8, 4) is 0 Å². The fraction of sp³-hybridized carbons (Fsp3) is 0.542. The van der Waals surface area contributed by atoms with Gasteiger partial charge in [-0.3, -0.25) is 4.57 Å². The molecule has 0 bridgehead atoms. The van der Waals surface area contributed by atoms with Gasteiger partial charge in [-0.2, -0.15) is 11.8 Å². The first kappa shape index (κ1) is 24.4. The van der Waals surface area contributed by atoms with Gasteiger partial charge in [0.1, 0.15) is 24.1 Å². The van der Waals surface area contributed by atoms with E-state index in [1.54, 1.807) is 16.3 Å². The third kappa shape index (κ3) is 5.45. The molecule has 0 amide bonds. The van der Waals surface area contributed by atoms with Crippen LogP contribution in [0.25, 0.3) is 11.2 Å². The van der Waals surface area contributed by atoms with E-state index in [2.05, 4.69) is 49.9 Å². The Bertz CT molecular complexity index is 1130. The third-order valence-corrected chi connectivity index (χ3v) is 7.87. The number of aliphatic hydroxyl groups excluding tert-OH is 2. The topological polar surface area (TPSA) is 143 Å². The van der Waals surface area contributed by atoms with Crippen LogP contribution in [0.3, 0.4) is 0 Å². The number of rotatable bonds is 10. The summed E-state index contributed by atoms with van der Waals surface area (Å²) in [4.78, 5) is 12.4. The number of nitrogen functional groups attached to an aromatic ring is 1. The lowest BCUT2D eigenvalue weighted by Gasteiger charge is -2.26. The molecule has 1 fully saturated rings. The van der Waals surface area contributed by atoms with E-state index >= 15 is 0 Å². The summed E-state index contributed by atoms with van der Waals surface area (Å²) in [6.07, 6.45) is 2.84. The number of anilines is 1. The average molecular weight is 500 g/mol. The van der Waals surface area contributed by atoms with E-state index in [1.165, 1.54) is 23.8 Å². The zero-order chi connectivity index (χ0) is 24.2. The second-order valence-electron chi connectivity index (χ2n) is 9.17. The largest absolute Gasteiger partial charge is 0.387 e. The molecule has 5 rings (SSSR count). The summed E-state index contributed by atoms with van der Waals surface area (Å²) in [6, 6.07) is 9.13. The molecular formula is C24H33N7O3S. The quantitative estimate of drug-likeness (QED) is 0.255. The third-order valence-electron chi connectivity index (χ3n) is 6.73. The van der Waals surface area contributed by atoms with Gasteiger partial charge < -0.3 is 31.3 Å². The Morgan fingerprint density at radius 3 is 2.89 bits per heavy atom. The Balaban J connectivity index is 0.992. The Hall–Kier alpha value is -2.28. The van der Waals surface area contributed by atoms with Crippen molar-refractivity contribution in [2.45, 2.75) is 56.4 Å². The molecule has 10 nitrogen and oxygen atoms in total. The molecule has 5 atom stereocenters. The molecule has 3 aromatic rings. The van der Waals surface area contributed by atoms with Gasteiger partial charge in [-0.1, -0.05) is 24.3 Å². The molecule has 6 N–H and O–H groups in total. The molecule has 1 unspecified atom stereocenters. The maximum Gasteiger partial charge on any atom is 0.167 e. The number of nitrogens with zero attached hydrogens (tertiary/aromatic N) is 4. The summed E-state index contributed by atoms with van der Waals surface area (Å²) in [5.74, 6) is 1.85. The van der Waals surface area contributed by atoms with E-state index in [4.69, 9.17) is 10.5 Å². The first-order valence-electron chi connectivity index (χ1n) is 12.1. The molecule has 0 radical (unpaired) electrons. The number of fused-ring (bicyclic) bond motifs is 2. The molecule has 0 spiro atoms. The molecule has 0 saturated carbocycles. The number of nitrogens with one attached hydrogen (secondary N) is 2. The summed E-state index contributed by atoms with van der Waals surface area (Å²) >= 11 is 1.73. The molecule has 2 aromatic heterocycles. The minimum Gasteiger partial charge on any atom is -0.387 e. The molecule has 35 heavy (non-hydrogen) atoms. The minimum absolute atomic E-state index is 0.267. The van der Waals surface area contributed by atoms with Gasteiger partial charge in [0.2, 0.25) is 0 Å². The van der Waals surface area contributed by atoms with Crippen molar-refractivity contribution >= 4 is 28.7 Å². The number of unbranched alkanes of at least 4 members (excludes halogenated alkanes) is 1. The lowest BCUT2D eigenvalue weighted by atomic mass is 9.96. The standard InChI is InChI=1S/C24H33N7O3S/c25-22-19-23(29-13-28-22)31(14-30-19)24-21(33)20(32)18(34-24)12-35-8-4-3-7-26-11-17-9-15-5-1-2-6-16(15)10-27-17/h1-2,5-6,13-14,17-18,20-21,24,26-27,32-33H,3-4,7-12H2,(H2,25,28,29)/t17?,18-,20-,21-,24-/m1/s1. The smallest absolute Gasteiger partial charge is 0.167 e. The van der Waals surface area contributed by atoms with Crippen molar-refractivity contribution in [1.29, 1.82) is 0 Å². The lowest BCUT2D eigenvalue weighted by molar-refractivity contribution is -0.0289. The number of benzene rings is 1. The van der Waals surface area contributed by atoms with Crippen LogP contribution >= 0.6 is 11.8 Å². The first-order valence-corrected chi connectivity index (χ1v) is 13.3. The van der Waals surface area contributed by atoms with E-state index in [1.807, 2.05) is 0 Å². The van der Waals surface area contributed by atoms with Gasteiger partial charge in [0.15, 0.2) is 17.7 Å². The van der Waals surface area contributed by atoms with Crippen LogP contribution in [0.2, 0.25) is 0 Å². The number of aliphatic hydroxyl groups is 2. The number of nitrogens with two attached hydrogens (primary N) is 1. The van der Waals surface area contributed by atoms with Gasteiger partial charge in [0.25, 0.3) is 0 Å². The number of thioether (sulfide) groups is 1. The number of imidazole rings is 1. The zero-order valence-electron chi connectivity index (χ0n) is 19.6. The highest BCUT2D eigenvalue weighted by Crippen LogP contribution is 2.33. The van der Waals surface area contributed by atoms with E-state index in [0.29, 0.717) is 23.0 Å². The summed E-state index contributed by atoms with van der Waals surface area (Å²) < 4.78 is 7.61. The van der Waals surface area contributed by atoms with Crippen molar-refractivity contribution in [2.75, 3.05) is 30.3 Å². The fourth-order valence-corrected chi connectivity index (χ4v) is 5.83. The van der Waals surface area contributed by atoms with Crippen LogP contribution in [0.1, 0.15) is 30.2 Å². The van der Waals surface area contributed by atoms with Crippen molar-refractivity contribution in [3.05, 3.63) is 48.0 Å². The summed E-state index contributed by atoms with van der Waals surface area (Å²) in [5.41, 5.74) is 9.64. The van der Waals surface area contributed by atoms with Crippen LogP contribution in [0.5, 0.6) is 0 Å². The number of ether oxygens (including phenoxy) is 1. The molecule has 1 aromatic carbocycles. The highest BCUT2D eigenvalue weighted by molar-refractivity contribution is 7.99. The first-order chi connectivity index (χ1) is 17.1. The van der Waals surface area contributed by atoms with Crippen LogP contribution in [0, 0.1) is 0 Å². The zero-order valence-corrected chi connectivity index (χ0v) is 20.4. The molecule has 2 aliphatic heterocycles. The number of hydrogen-bond acceptors (Lipinski definition) is 10. The van der Waals surface area contributed by atoms with Crippen LogP contribution in [-0.2, 0) is 17.7 Å². The van der Waals surface area contributed by atoms with Gasteiger partial charge in [-0.25, -0.2) is 15.0 Å². The van der Waals surface area contributed by atoms with Crippen LogP contribution in [0.4, 0.5) is 5.82 Å². The van der Waals surface area contributed by atoms with E-state index < -0.39 is 24.5 Å². The molecule has 0 aliphatic carbocycles. The Kier molecular flexibility index (Phi) is 7.81. The molecule has 1 saturated heterocycles. The molecule has 4 heterocycles. The number of hydrogen-bond donors (Lipinski definition) is 5. The summed E-state index contributed by atoms with van der Waals surface area (Å²) in [6.45, 7) is 2.91. The predicted molar refractivity (Wildman–Crippen MR) is 136 cm³/mol. The van der Waals surface area contributed by atoms with Crippen LogP contribution in [-0.4, -0.2) is 78.7 Å². The molecule has 188 valence electrons. The number of aromatic nitrogens is 4. The maximum atomic E-state index is 10.6. The summed E-state index contributed by atoms with van der Waals surface area (Å²) in [7, 11) is 0. The lowest BCUT2D eigenvalue weighted by Crippen LogP contribution is -2.43. The Morgan fingerprint density at radius 1 is 1.14 bits per heavy atom. The summed E-state index contributed by atoms with van der Waals surface area (Å²) in [5, 5.41) is 28.3. The monoisotopic (exact) mass is 499 g/mol.